The summed E-state index contributed by atoms with van der Waals surface area (Å²) in [7, 11) is -2.09. The number of para-hydroxylation sites is 2. The number of nitrogens with one attached hydrogen (secondary N) is 1. The summed E-state index contributed by atoms with van der Waals surface area (Å²) in [4.78, 5) is 0.105. The normalized spacial score (nSPS) is 12.7. The highest BCUT2D eigenvalue weighted by Gasteiger charge is 2.12. The third-order valence-electron chi connectivity index (χ3n) is 3.17. The molecule has 21 heavy (non-hydrogen) atoms. The second kappa shape index (κ2) is 6.15. The fourth-order valence-electron chi connectivity index (χ4n) is 2.04. The second-order valence-corrected chi connectivity index (χ2v) is 6.25. The number of hydrogen-bond donors (Lipinski definition) is 2. The Balaban J connectivity index is 2.27. The van der Waals surface area contributed by atoms with Crippen LogP contribution in [0.3, 0.4) is 0 Å². The molecule has 0 aliphatic heterocycles. The van der Waals surface area contributed by atoms with Gasteiger partial charge in [0.15, 0.2) is 0 Å². The van der Waals surface area contributed by atoms with Crippen LogP contribution in [0.4, 0.5) is 5.69 Å². The van der Waals surface area contributed by atoms with E-state index < -0.39 is 10.0 Å². The topological polar surface area (TPSA) is 81.4 Å². The van der Waals surface area contributed by atoms with Crippen molar-refractivity contribution >= 4 is 15.7 Å². The van der Waals surface area contributed by atoms with Crippen molar-refractivity contribution in [3.8, 4) is 5.75 Å². The Hall–Kier alpha value is -2.05. The summed E-state index contributed by atoms with van der Waals surface area (Å²) in [5.74, 6) is 0.729. The van der Waals surface area contributed by atoms with E-state index in [2.05, 4.69) is 5.32 Å². The number of rotatable bonds is 5. The summed E-state index contributed by atoms with van der Waals surface area (Å²) >= 11 is 0. The average Bonchev–Trinajstić information content (AvgIpc) is 2.47. The molecule has 2 aromatic rings. The second-order valence-electron chi connectivity index (χ2n) is 4.68. The van der Waals surface area contributed by atoms with Gasteiger partial charge in [0.25, 0.3) is 0 Å². The van der Waals surface area contributed by atoms with Gasteiger partial charge in [0.05, 0.1) is 17.7 Å². The molecule has 0 fully saturated rings. The largest absolute Gasteiger partial charge is 0.495 e. The Bertz CT molecular complexity index is 729. The fraction of sp³-hybridized carbons (Fsp3) is 0.200. The molecule has 0 bridgehead atoms. The van der Waals surface area contributed by atoms with E-state index in [1.807, 2.05) is 37.3 Å². The Kier molecular flexibility index (Phi) is 4.50. The Morgan fingerprint density at radius 1 is 1.14 bits per heavy atom. The molecule has 5 nitrogen and oxygen atoms in total. The predicted molar refractivity (Wildman–Crippen MR) is 82.8 cm³/mol. The maximum atomic E-state index is 11.4. The highest BCUT2D eigenvalue weighted by atomic mass is 32.2. The first-order valence-corrected chi connectivity index (χ1v) is 7.99. The van der Waals surface area contributed by atoms with E-state index in [1.54, 1.807) is 19.2 Å². The van der Waals surface area contributed by atoms with Gasteiger partial charge in [-0.05, 0) is 36.8 Å². The number of primary sulfonamides is 1. The zero-order chi connectivity index (χ0) is 15.5. The Labute approximate surface area is 124 Å². The lowest BCUT2D eigenvalue weighted by Crippen LogP contribution is -2.13. The first-order valence-electron chi connectivity index (χ1n) is 6.44. The number of methoxy groups -OCH3 is 1. The van der Waals surface area contributed by atoms with Crippen molar-refractivity contribution in [3.63, 3.8) is 0 Å². The molecule has 112 valence electrons. The molecule has 0 spiro atoms. The third kappa shape index (κ3) is 3.74. The van der Waals surface area contributed by atoms with Crippen LogP contribution in [0.15, 0.2) is 53.4 Å². The monoisotopic (exact) mass is 306 g/mol. The molecule has 0 heterocycles. The number of sulfonamides is 1. The maximum absolute atomic E-state index is 11.4. The number of benzene rings is 2. The van der Waals surface area contributed by atoms with Gasteiger partial charge in [0, 0.05) is 6.04 Å². The average molecular weight is 306 g/mol. The maximum Gasteiger partial charge on any atom is 0.238 e. The minimum absolute atomic E-state index is 0.0944. The number of ether oxygens (including phenoxy) is 1. The molecule has 2 aromatic carbocycles. The smallest absolute Gasteiger partial charge is 0.238 e. The van der Waals surface area contributed by atoms with E-state index >= 15 is 0 Å². The van der Waals surface area contributed by atoms with Gasteiger partial charge >= 0.3 is 0 Å². The van der Waals surface area contributed by atoms with E-state index in [-0.39, 0.29) is 10.9 Å². The SMILES string of the molecule is COc1ccccc1NC(C)c1cccc(S(N)(=O)=O)c1. The van der Waals surface area contributed by atoms with Gasteiger partial charge in [0.1, 0.15) is 5.75 Å². The zero-order valence-electron chi connectivity index (χ0n) is 11.9. The van der Waals surface area contributed by atoms with Crippen LogP contribution in [0, 0.1) is 0 Å². The zero-order valence-corrected chi connectivity index (χ0v) is 12.7. The highest BCUT2D eigenvalue weighted by molar-refractivity contribution is 7.89. The van der Waals surface area contributed by atoms with Crippen LogP contribution in [0.2, 0.25) is 0 Å². The summed E-state index contributed by atoms with van der Waals surface area (Å²) in [6.45, 7) is 1.94. The molecule has 0 aliphatic carbocycles. The molecule has 0 saturated heterocycles. The van der Waals surface area contributed by atoms with E-state index in [0.717, 1.165) is 17.0 Å². The lowest BCUT2D eigenvalue weighted by atomic mass is 10.1. The molecule has 0 amide bonds. The standard InChI is InChI=1S/C15H18N2O3S/c1-11(17-14-8-3-4-9-15(14)20-2)12-6-5-7-13(10-12)21(16,18)19/h3-11,17H,1-2H3,(H2,16,18,19). The Morgan fingerprint density at radius 3 is 2.52 bits per heavy atom. The van der Waals surface area contributed by atoms with Crippen LogP contribution < -0.4 is 15.2 Å². The molecular weight excluding hydrogens is 288 g/mol. The van der Waals surface area contributed by atoms with Crippen LogP contribution >= 0.6 is 0 Å². The van der Waals surface area contributed by atoms with Crippen LogP contribution in [0.1, 0.15) is 18.5 Å². The summed E-state index contributed by atoms with van der Waals surface area (Å²) in [6.07, 6.45) is 0. The first-order chi connectivity index (χ1) is 9.91. The minimum atomic E-state index is -3.70. The molecule has 0 radical (unpaired) electrons. The molecule has 1 unspecified atom stereocenters. The minimum Gasteiger partial charge on any atom is -0.495 e. The van der Waals surface area contributed by atoms with E-state index in [4.69, 9.17) is 9.88 Å². The quantitative estimate of drug-likeness (QED) is 0.889. The van der Waals surface area contributed by atoms with Gasteiger partial charge in [-0.1, -0.05) is 24.3 Å². The van der Waals surface area contributed by atoms with Gasteiger partial charge in [0.2, 0.25) is 10.0 Å². The van der Waals surface area contributed by atoms with Gasteiger partial charge in [-0.15, -0.1) is 0 Å². The van der Waals surface area contributed by atoms with Crippen LogP contribution in [0.25, 0.3) is 0 Å². The molecule has 2 rings (SSSR count). The van der Waals surface area contributed by atoms with Crippen molar-refractivity contribution in [1.82, 2.24) is 0 Å². The van der Waals surface area contributed by atoms with E-state index in [0.29, 0.717) is 0 Å². The third-order valence-corrected chi connectivity index (χ3v) is 4.08. The van der Waals surface area contributed by atoms with Crippen molar-refractivity contribution in [2.75, 3.05) is 12.4 Å². The van der Waals surface area contributed by atoms with Crippen LogP contribution in [-0.2, 0) is 10.0 Å². The summed E-state index contributed by atoms with van der Waals surface area (Å²) in [6, 6.07) is 14.0. The highest BCUT2D eigenvalue weighted by Crippen LogP contribution is 2.28. The lowest BCUT2D eigenvalue weighted by molar-refractivity contribution is 0.416. The molecule has 0 aromatic heterocycles. The molecule has 0 aliphatic rings. The molecular formula is C15H18N2O3S. The van der Waals surface area contributed by atoms with Gasteiger partial charge < -0.3 is 10.1 Å². The number of anilines is 1. The molecule has 3 N–H and O–H groups in total. The molecule has 0 saturated carbocycles. The van der Waals surface area contributed by atoms with Gasteiger partial charge in [-0.2, -0.15) is 0 Å². The van der Waals surface area contributed by atoms with Crippen LogP contribution in [0.5, 0.6) is 5.75 Å². The molecule has 6 heteroatoms. The summed E-state index contributed by atoms with van der Waals surface area (Å²) in [5, 5.41) is 8.45. The lowest BCUT2D eigenvalue weighted by Gasteiger charge is -2.18. The summed E-state index contributed by atoms with van der Waals surface area (Å²) < 4.78 is 28.1. The van der Waals surface area contributed by atoms with Crippen molar-refractivity contribution in [2.24, 2.45) is 5.14 Å². The Morgan fingerprint density at radius 2 is 1.86 bits per heavy atom. The van der Waals surface area contributed by atoms with Crippen LogP contribution in [-0.4, -0.2) is 15.5 Å². The van der Waals surface area contributed by atoms with Crippen molar-refractivity contribution in [2.45, 2.75) is 17.9 Å². The fourth-order valence-corrected chi connectivity index (χ4v) is 2.61. The van der Waals surface area contributed by atoms with E-state index in [9.17, 15) is 8.42 Å². The molecule has 1 atom stereocenters. The summed E-state index contributed by atoms with van der Waals surface area (Å²) in [5.41, 5.74) is 1.67. The number of nitrogens with two attached hydrogens (primary N) is 1. The number of hydrogen-bond acceptors (Lipinski definition) is 4. The van der Waals surface area contributed by atoms with Crippen molar-refractivity contribution in [3.05, 3.63) is 54.1 Å². The van der Waals surface area contributed by atoms with Gasteiger partial charge in [-0.25, -0.2) is 13.6 Å². The van der Waals surface area contributed by atoms with Crippen molar-refractivity contribution < 1.29 is 13.2 Å². The van der Waals surface area contributed by atoms with Gasteiger partial charge in [-0.3, -0.25) is 0 Å². The van der Waals surface area contributed by atoms with Crippen molar-refractivity contribution in [1.29, 1.82) is 0 Å². The first kappa shape index (κ1) is 15.3. The van der Waals surface area contributed by atoms with E-state index in [1.165, 1.54) is 6.07 Å². The predicted octanol–water partition coefficient (Wildman–Crippen LogP) is 2.52.